The zero-order valence-corrected chi connectivity index (χ0v) is 20.3. The maximum absolute atomic E-state index is 12.7. The molecule has 3 aromatic carbocycles. The number of nitrogens with two attached hydrogens (primary N) is 1. The highest BCUT2D eigenvalue weighted by molar-refractivity contribution is 7.13. The molecule has 1 aliphatic rings. The van der Waals surface area contributed by atoms with E-state index in [0.29, 0.717) is 29.5 Å². The Morgan fingerprint density at radius 3 is 2.47 bits per heavy atom. The van der Waals surface area contributed by atoms with Crippen molar-refractivity contribution in [3.05, 3.63) is 100 Å². The monoisotopic (exact) mass is 498 g/mol. The van der Waals surface area contributed by atoms with Crippen molar-refractivity contribution in [1.29, 1.82) is 0 Å². The molecule has 9 heteroatoms. The van der Waals surface area contributed by atoms with Crippen molar-refractivity contribution in [3.8, 4) is 0 Å². The van der Waals surface area contributed by atoms with Gasteiger partial charge in [-0.2, -0.15) is 0 Å². The predicted octanol–water partition coefficient (Wildman–Crippen LogP) is 4.86. The molecular weight excluding hydrogens is 472 g/mol. The molecule has 8 nitrogen and oxygen atoms in total. The first-order valence-corrected chi connectivity index (χ1v) is 12.4. The second kappa shape index (κ2) is 10.5. The van der Waals surface area contributed by atoms with E-state index in [2.05, 4.69) is 25.8 Å². The van der Waals surface area contributed by atoms with Crippen molar-refractivity contribution in [1.82, 2.24) is 10.3 Å². The first kappa shape index (κ1) is 23.4. The number of nitrogens with zero attached hydrogens (tertiary/aromatic N) is 2. The number of amides is 3. The Morgan fingerprint density at radius 1 is 0.944 bits per heavy atom. The van der Waals surface area contributed by atoms with Gasteiger partial charge in [-0.25, -0.2) is 9.78 Å². The maximum atomic E-state index is 12.7. The van der Waals surface area contributed by atoms with Gasteiger partial charge in [0.2, 0.25) is 0 Å². The standard InChI is InChI=1S/C27H26N6O2S/c28-21-8-4-5-9-22(21)31-25(34)26-32-23-14-15-33(17-24(23)36-26)20-12-10-19(11-13-20)30-27(35)29-16-18-6-2-1-3-7-18/h1-13H,14-17,28H2,(H,31,34)(H2,29,30,35). The van der Waals surface area contributed by atoms with Crippen LogP contribution >= 0.6 is 11.3 Å². The molecule has 182 valence electrons. The molecule has 0 bridgehead atoms. The smallest absolute Gasteiger partial charge is 0.319 e. The highest BCUT2D eigenvalue weighted by Gasteiger charge is 2.23. The lowest BCUT2D eigenvalue weighted by Gasteiger charge is -2.28. The molecule has 0 saturated heterocycles. The van der Waals surface area contributed by atoms with Crippen LogP contribution in [0.4, 0.5) is 27.5 Å². The second-order valence-electron chi connectivity index (χ2n) is 8.44. The van der Waals surface area contributed by atoms with Gasteiger partial charge in [-0.05, 0) is 42.0 Å². The van der Waals surface area contributed by atoms with Gasteiger partial charge in [0.15, 0.2) is 5.01 Å². The summed E-state index contributed by atoms with van der Waals surface area (Å²) in [5.74, 6) is -0.250. The van der Waals surface area contributed by atoms with E-state index < -0.39 is 0 Å². The molecule has 0 spiro atoms. The molecule has 4 aromatic rings. The summed E-state index contributed by atoms with van der Waals surface area (Å²) >= 11 is 1.41. The van der Waals surface area contributed by atoms with Crippen LogP contribution < -0.4 is 26.6 Å². The van der Waals surface area contributed by atoms with Crippen LogP contribution in [0, 0.1) is 0 Å². The number of carbonyl (C=O) groups excluding carboxylic acids is 2. The first-order valence-electron chi connectivity index (χ1n) is 11.6. The molecular formula is C27H26N6O2S. The maximum Gasteiger partial charge on any atom is 0.319 e. The number of para-hydroxylation sites is 2. The molecule has 0 atom stereocenters. The third-order valence-electron chi connectivity index (χ3n) is 5.92. The number of urea groups is 1. The summed E-state index contributed by atoms with van der Waals surface area (Å²) in [5, 5.41) is 9.01. The Balaban J connectivity index is 1.17. The van der Waals surface area contributed by atoms with Gasteiger partial charge in [0.05, 0.1) is 23.6 Å². The number of benzene rings is 3. The number of hydrogen-bond donors (Lipinski definition) is 4. The lowest BCUT2D eigenvalue weighted by molar-refractivity contribution is 0.102. The topological polar surface area (TPSA) is 112 Å². The van der Waals surface area contributed by atoms with Crippen LogP contribution in [0.15, 0.2) is 78.9 Å². The fraction of sp³-hybridized carbons (Fsp3) is 0.148. The number of aromatic nitrogens is 1. The van der Waals surface area contributed by atoms with Gasteiger partial charge >= 0.3 is 6.03 Å². The highest BCUT2D eigenvalue weighted by Crippen LogP contribution is 2.30. The van der Waals surface area contributed by atoms with Crippen LogP contribution in [0.1, 0.15) is 25.9 Å². The summed E-state index contributed by atoms with van der Waals surface area (Å²) in [5.41, 5.74) is 10.8. The minimum atomic E-state index is -0.250. The quantitative estimate of drug-likeness (QED) is 0.284. The van der Waals surface area contributed by atoms with E-state index in [9.17, 15) is 9.59 Å². The van der Waals surface area contributed by atoms with Gasteiger partial charge < -0.3 is 26.6 Å². The number of fused-ring (bicyclic) bond motifs is 1. The van der Waals surface area contributed by atoms with Crippen molar-refractivity contribution in [2.45, 2.75) is 19.5 Å². The van der Waals surface area contributed by atoms with Gasteiger partial charge in [0.25, 0.3) is 5.91 Å². The van der Waals surface area contributed by atoms with Crippen molar-refractivity contribution in [2.24, 2.45) is 0 Å². The predicted molar refractivity (Wildman–Crippen MR) is 144 cm³/mol. The van der Waals surface area contributed by atoms with Gasteiger partial charge in [-0.3, -0.25) is 4.79 Å². The Hall–Kier alpha value is -4.37. The Morgan fingerprint density at radius 2 is 1.69 bits per heavy atom. The molecule has 5 rings (SSSR count). The molecule has 0 unspecified atom stereocenters. The van der Waals surface area contributed by atoms with Crippen molar-refractivity contribution in [3.63, 3.8) is 0 Å². The minimum Gasteiger partial charge on any atom is -0.397 e. The largest absolute Gasteiger partial charge is 0.397 e. The lowest BCUT2D eigenvalue weighted by Crippen LogP contribution is -2.30. The number of nitrogen functional groups attached to an aromatic ring is 1. The van der Waals surface area contributed by atoms with Gasteiger partial charge in [-0.15, -0.1) is 11.3 Å². The zero-order chi connectivity index (χ0) is 24.9. The summed E-state index contributed by atoms with van der Waals surface area (Å²) in [6.07, 6.45) is 0.758. The SMILES string of the molecule is Nc1ccccc1NC(=O)c1nc2c(s1)CN(c1ccc(NC(=O)NCc3ccccc3)cc1)CC2. The van der Waals surface area contributed by atoms with Gasteiger partial charge in [0.1, 0.15) is 0 Å². The van der Waals surface area contributed by atoms with Crippen LogP contribution in [0.5, 0.6) is 0 Å². The van der Waals surface area contributed by atoms with E-state index in [1.165, 1.54) is 11.3 Å². The highest BCUT2D eigenvalue weighted by atomic mass is 32.1. The summed E-state index contributed by atoms with van der Waals surface area (Å²) in [4.78, 5) is 32.8. The van der Waals surface area contributed by atoms with Gasteiger partial charge in [0, 0.05) is 35.8 Å². The normalized spacial score (nSPS) is 12.5. The van der Waals surface area contributed by atoms with Crippen LogP contribution in [-0.4, -0.2) is 23.5 Å². The number of carbonyl (C=O) groups is 2. The van der Waals surface area contributed by atoms with Crippen molar-refractivity contribution in [2.75, 3.05) is 27.8 Å². The molecule has 1 aromatic heterocycles. The number of hydrogen-bond acceptors (Lipinski definition) is 6. The molecule has 5 N–H and O–H groups in total. The molecule has 3 amide bonds. The fourth-order valence-electron chi connectivity index (χ4n) is 4.01. The number of rotatable bonds is 6. The van der Waals surface area contributed by atoms with E-state index in [-0.39, 0.29) is 11.9 Å². The van der Waals surface area contributed by atoms with E-state index in [4.69, 9.17) is 5.73 Å². The molecule has 1 aliphatic heterocycles. The average molecular weight is 499 g/mol. The minimum absolute atomic E-state index is 0.248. The average Bonchev–Trinajstić information content (AvgIpc) is 3.34. The van der Waals surface area contributed by atoms with Gasteiger partial charge in [-0.1, -0.05) is 42.5 Å². The molecule has 0 fully saturated rings. The van der Waals surface area contributed by atoms with E-state index >= 15 is 0 Å². The van der Waals surface area contributed by atoms with Crippen LogP contribution in [-0.2, 0) is 19.5 Å². The van der Waals surface area contributed by atoms with Crippen molar-refractivity contribution >= 4 is 46.0 Å². The number of thiazole rings is 1. The third-order valence-corrected chi connectivity index (χ3v) is 7.00. The third kappa shape index (κ3) is 5.47. The Kier molecular flexibility index (Phi) is 6.81. The summed E-state index contributed by atoms with van der Waals surface area (Å²) in [7, 11) is 0. The van der Waals surface area contributed by atoms with Crippen LogP contribution in [0.25, 0.3) is 0 Å². The molecule has 0 saturated carbocycles. The van der Waals surface area contributed by atoms with Crippen LogP contribution in [0.3, 0.4) is 0 Å². The van der Waals surface area contributed by atoms with Crippen LogP contribution in [0.2, 0.25) is 0 Å². The molecule has 0 aliphatic carbocycles. The lowest BCUT2D eigenvalue weighted by atomic mass is 10.1. The Labute approximate surface area is 213 Å². The fourth-order valence-corrected chi connectivity index (χ4v) is 5.03. The Bertz CT molecular complexity index is 1370. The first-order chi connectivity index (χ1) is 17.5. The van der Waals surface area contributed by atoms with E-state index in [1.54, 1.807) is 12.1 Å². The summed E-state index contributed by atoms with van der Waals surface area (Å²) < 4.78 is 0. The summed E-state index contributed by atoms with van der Waals surface area (Å²) in [6, 6.07) is 24.5. The van der Waals surface area contributed by atoms with E-state index in [0.717, 1.165) is 40.5 Å². The van der Waals surface area contributed by atoms with E-state index in [1.807, 2.05) is 66.7 Å². The zero-order valence-electron chi connectivity index (χ0n) is 19.5. The molecule has 36 heavy (non-hydrogen) atoms. The number of nitrogens with one attached hydrogen (secondary N) is 3. The van der Waals surface area contributed by atoms with Crippen molar-refractivity contribution < 1.29 is 9.59 Å². The summed E-state index contributed by atoms with van der Waals surface area (Å²) in [6.45, 7) is 1.94. The molecule has 0 radical (unpaired) electrons. The number of anilines is 4. The second-order valence-corrected chi connectivity index (χ2v) is 9.53. The molecule has 2 heterocycles.